The fourth-order valence-electron chi connectivity index (χ4n) is 2.92. The molecule has 2 aromatic rings. The van der Waals surface area contributed by atoms with Crippen LogP contribution in [0.3, 0.4) is 0 Å². The second-order valence-corrected chi connectivity index (χ2v) is 7.61. The summed E-state index contributed by atoms with van der Waals surface area (Å²) >= 11 is 12.1. The Hall–Kier alpha value is -2.58. The Bertz CT molecular complexity index is 940. The van der Waals surface area contributed by atoms with Crippen LogP contribution >= 0.6 is 23.2 Å². The van der Waals surface area contributed by atoms with Gasteiger partial charge in [0.05, 0.1) is 22.8 Å². The second-order valence-electron chi connectivity index (χ2n) is 6.77. The number of pyridine rings is 2. The van der Waals surface area contributed by atoms with E-state index in [1.165, 1.54) is 38.6 Å². The van der Waals surface area contributed by atoms with E-state index >= 15 is 0 Å². The maximum atomic E-state index is 12.7. The number of halogens is 2. The third-order valence-corrected chi connectivity index (χ3v) is 5.58. The number of carboxylic acids is 1. The molecule has 0 aliphatic heterocycles. The lowest BCUT2D eigenvalue weighted by atomic mass is 9.77. The Morgan fingerprint density at radius 1 is 1.28 bits per heavy atom. The molecule has 10 heteroatoms. The van der Waals surface area contributed by atoms with Gasteiger partial charge in [0.1, 0.15) is 5.54 Å². The summed E-state index contributed by atoms with van der Waals surface area (Å²) in [6.45, 7) is 4.78. The summed E-state index contributed by atoms with van der Waals surface area (Å²) in [5.74, 6) is -3.67. The number of aliphatic carboxylic acids is 1. The van der Waals surface area contributed by atoms with E-state index in [-0.39, 0.29) is 11.4 Å². The van der Waals surface area contributed by atoms with Gasteiger partial charge >= 0.3 is 5.97 Å². The number of carbonyl (C=O) groups excluding carboxylic acids is 1. The van der Waals surface area contributed by atoms with Crippen LogP contribution in [0, 0.1) is 5.92 Å². The van der Waals surface area contributed by atoms with Gasteiger partial charge in [0, 0.05) is 24.4 Å². The minimum Gasteiger partial charge on any atom is -0.503 e. The first kappa shape index (κ1) is 22.7. The van der Waals surface area contributed by atoms with Crippen molar-refractivity contribution in [1.29, 1.82) is 0 Å². The molecule has 1 amide bonds. The van der Waals surface area contributed by atoms with Gasteiger partial charge in [0.2, 0.25) is 0 Å². The number of rotatable bonds is 7. The van der Waals surface area contributed by atoms with Gasteiger partial charge in [0.25, 0.3) is 5.91 Å². The van der Waals surface area contributed by atoms with Crippen molar-refractivity contribution in [2.24, 2.45) is 5.92 Å². The van der Waals surface area contributed by atoms with Gasteiger partial charge in [0.15, 0.2) is 17.2 Å². The lowest BCUT2D eigenvalue weighted by molar-refractivity contribution is -0.146. The highest BCUT2D eigenvalue weighted by Crippen LogP contribution is 2.36. The molecule has 0 aromatic carbocycles. The first-order valence-electron chi connectivity index (χ1n) is 8.61. The maximum absolute atomic E-state index is 12.7. The molecule has 0 saturated heterocycles. The third-order valence-electron chi connectivity index (χ3n) is 5.07. The van der Waals surface area contributed by atoms with E-state index in [0.29, 0.717) is 15.7 Å². The van der Waals surface area contributed by atoms with Crippen molar-refractivity contribution < 1.29 is 24.5 Å². The van der Waals surface area contributed by atoms with Crippen molar-refractivity contribution in [2.75, 3.05) is 7.11 Å². The molecule has 2 rings (SSSR count). The summed E-state index contributed by atoms with van der Waals surface area (Å²) in [5.41, 5.74) is -1.62. The van der Waals surface area contributed by atoms with E-state index in [2.05, 4.69) is 15.3 Å². The largest absolute Gasteiger partial charge is 0.503 e. The molecule has 0 saturated carbocycles. The number of carbonyl (C=O) groups is 2. The first-order chi connectivity index (χ1) is 13.5. The smallest absolute Gasteiger partial charge is 0.329 e. The quantitative estimate of drug-likeness (QED) is 0.600. The molecule has 3 N–H and O–H groups in total. The van der Waals surface area contributed by atoms with Gasteiger partial charge in [-0.2, -0.15) is 0 Å². The Kier molecular flexibility index (Phi) is 6.92. The van der Waals surface area contributed by atoms with Crippen molar-refractivity contribution in [3.8, 4) is 11.5 Å². The number of methoxy groups -OCH3 is 1. The molecule has 3 atom stereocenters. The number of carboxylic acid groups (broad SMARTS) is 1. The minimum absolute atomic E-state index is 0.0424. The summed E-state index contributed by atoms with van der Waals surface area (Å²) in [6.07, 6.45) is 2.69. The molecular weight excluding hydrogens is 421 g/mol. The highest BCUT2D eigenvalue weighted by atomic mass is 35.5. The zero-order valence-electron chi connectivity index (χ0n) is 16.2. The number of hydrogen-bond acceptors (Lipinski definition) is 6. The molecule has 0 spiro atoms. The maximum Gasteiger partial charge on any atom is 0.329 e. The molecule has 3 unspecified atom stereocenters. The SMILES string of the molecule is COc1ccnc(C(=O)NC(C)(C(=O)O)C(C)C(C)c2ncc(Cl)cc2Cl)c1O. The van der Waals surface area contributed by atoms with Gasteiger partial charge < -0.3 is 20.3 Å². The van der Waals surface area contributed by atoms with Crippen LogP contribution in [0.1, 0.15) is 42.9 Å². The lowest BCUT2D eigenvalue weighted by Gasteiger charge is -2.36. The van der Waals surface area contributed by atoms with Crippen molar-refractivity contribution in [1.82, 2.24) is 15.3 Å². The molecule has 2 aromatic heterocycles. The Morgan fingerprint density at radius 2 is 1.93 bits per heavy atom. The summed E-state index contributed by atoms with van der Waals surface area (Å²) in [6, 6.07) is 2.89. The van der Waals surface area contributed by atoms with Crippen molar-refractivity contribution in [3.05, 3.63) is 46.0 Å². The molecule has 0 radical (unpaired) electrons. The average molecular weight is 442 g/mol. The van der Waals surface area contributed by atoms with Gasteiger partial charge in [-0.1, -0.05) is 37.0 Å². The molecule has 29 heavy (non-hydrogen) atoms. The Balaban J connectivity index is 2.37. The van der Waals surface area contributed by atoms with Crippen LogP contribution in [0.15, 0.2) is 24.5 Å². The van der Waals surface area contributed by atoms with Crippen LogP contribution < -0.4 is 10.1 Å². The number of amides is 1. The van der Waals surface area contributed by atoms with Crippen LogP contribution in [-0.2, 0) is 4.79 Å². The predicted molar refractivity (Wildman–Crippen MR) is 108 cm³/mol. The fraction of sp³-hybridized carbons (Fsp3) is 0.368. The number of ether oxygens (including phenoxy) is 1. The van der Waals surface area contributed by atoms with Crippen LogP contribution in [0.25, 0.3) is 0 Å². The van der Waals surface area contributed by atoms with Gasteiger partial charge in [-0.15, -0.1) is 0 Å². The number of aromatic hydroxyl groups is 1. The Labute approximate surface area is 177 Å². The van der Waals surface area contributed by atoms with Crippen LogP contribution in [0.4, 0.5) is 0 Å². The van der Waals surface area contributed by atoms with E-state index in [9.17, 15) is 19.8 Å². The van der Waals surface area contributed by atoms with E-state index < -0.39 is 35.0 Å². The molecule has 156 valence electrons. The van der Waals surface area contributed by atoms with E-state index in [1.54, 1.807) is 13.8 Å². The second kappa shape index (κ2) is 8.84. The van der Waals surface area contributed by atoms with E-state index in [4.69, 9.17) is 27.9 Å². The van der Waals surface area contributed by atoms with Crippen molar-refractivity contribution in [3.63, 3.8) is 0 Å². The zero-order valence-corrected chi connectivity index (χ0v) is 17.7. The molecule has 0 aliphatic carbocycles. The zero-order chi connectivity index (χ0) is 21.9. The Morgan fingerprint density at radius 3 is 2.48 bits per heavy atom. The van der Waals surface area contributed by atoms with Gasteiger partial charge in [-0.3, -0.25) is 9.78 Å². The van der Waals surface area contributed by atoms with Crippen LogP contribution in [0.2, 0.25) is 10.0 Å². The highest BCUT2D eigenvalue weighted by molar-refractivity contribution is 6.34. The highest BCUT2D eigenvalue weighted by Gasteiger charge is 2.44. The third kappa shape index (κ3) is 4.54. The molecule has 0 fully saturated rings. The van der Waals surface area contributed by atoms with Crippen molar-refractivity contribution in [2.45, 2.75) is 32.2 Å². The molecule has 0 aliphatic rings. The summed E-state index contributed by atoms with van der Waals surface area (Å²) in [7, 11) is 1.32. The van der Waals surface area contributed by atoms with Crippen LogP contribution in [-0.4, -0.2) is 44.7 Å². The number of aromatic nitrogens is 2. The van der Waals surface area contributed by atoms with Crippen molar-refractivity contribution >= 4 is 35.1 Å². The lowest BCUT2D eigenvalue weighted by Crippen LogP contribution is -2.57. The van der Waals surface area contributed by atoms with Gasteiger partial charge in [-0.25, -0.2) is 9.78 Å². The summed E-state index contributed by atoms with van der Waals surface area (Å²) < 4.78 is 4.96. The monoisotopic (exact) mass is 441 g/mol. The number of nitrogens with zero attached hydrogens (tertiary/aromatic N) is 2. The normalized spacial score (nSPS) is 15.1. The topological polar surface area (TPSA) is 122 Å². The summed E-state index contributed by atoms with van der Waals surface area (Å²) in [4.78, 5) is 32.9. The standard InChI is InChI=1S/C19H21Cl2N3O5/c1-9(14-12(21)7-11(20)8-23-14)10(2)19(3,18(27)28)24-17(26)15-16(25)13(29-4)5-6-22-15/h5-10,25H,1-4H3,(H,24,26)(H,27,28). The first-order valence-corrected chi connectivity index (χ1v) is 9.37. The molecule has 8 nitrogen and oxygen atoms in total. The molecule has 0 bridgehead atoms. The predicted octanol–water partition coefficient (Wildman–Crippen LogP) is 3.51. The molecular formula is C19H21Cl2N3O5. The van der Waals surface area contributed by atoms with Crippen LogP contribution in [0.5, 0.6) is 11.5 Å². The van der Waals surface area contributed by atoms with E-state index in [0.717, 1.165) is 0 Å². The van der Waals surface area contributed by atoms with E-state index in [1.807, 2.05) is 0 Å². The molecule has 2 heterocycles. The number of hydrogen-bond donors (Lipinski definition) is 3. The summed E-state index contributed by atoms with van der Waals surface area (Å²) in [5, 5.41) is 23.1. The number of nitrogens with one attached hydrogen (secondary N) is 1. The van der Waals surface area contributed by atoms with Gasteiger partial charge in [-0.05, 0) is 18.9 Å². The fourth-order valence-corrected chi connectivity index (χ4v) is 3.47. The minimum atomic E-state index is -1.72. The average Bonchev–Trinajstić information content (AvgIpc) is 2.66.